The zero-order valence-corrected chi connectivity index (χ0v) is 13.7. The number of nitrogens with one attached hydrogen (secondary N) is 1. The van der Waals surface area contributed by atoms with Gasteiger partial charge in [-0.3, -0.25) is 4.79 Å². The Morgan fingerprint density at radius 1 is 1.26 bits per heavy atom. The molecule has 1 N–H and O–H groups in total. The summed E-state index contributed by atoms with van der Waals surface area (Å²) in [6.45, 7) is 3.99. The lowest BCUT2D eigenvalue weighted by molar-refractivity contribution is -0.116. The van der Waals surface area contributed by atoms with Gasteiger partial charge >= 0.3 is 0 Å². The summed E-state index contributed by atoms with van der Waals surface area (Å²) in [5.41, 5.74) is 2.85. The fourth-order valence-electron chi connectivity index (χ4n) is 2.32. The molecule has 5 heteroatoms. The van der Waals surface area contributed by atoms with Crippen molar-refractivity contribution in [3.05, 3.63) is 47.5 Å². The van der Waals surface area contributed by atoms with Crippen molar-refractivity contribution in [1.82, 2.24) is 4.98 Å². The van der Waals surface area contributed by atoms with E-state index in [9.17, 15) is 4.79 Å². The van der Waals surface area contributed by atoms with Gasteiger partial charge in [-0.1, -0.05) is 37.6 Å². The third-order valence-corrected chi connectivity index (χ3v) is 3.70. The molecule has 0 spiro atoms. The number of halogens is 1. The van der Waals surface area contributed by atoms with Crippen LogP contribution in [0.3, 0.4) is 0 Å². The molecule has 23 heavy (non-hydrogen) atoms. The number of oxazole rings is 1. The SMILES string of the molecule is CC(C)CC(=O)Nc1cc(-c2nc3ccccc3o2)ccc1Cl. The number of carbonyl (C=O) groups excluding carboxylic acids is 1. The minimum Gasteiger partial charge on any atom is -0.436 e. The Hall–Kier alpha value is -2.33. The first-order valence-electron chi connectivity index (χ1n) is 7.48. The average Bonchev–Trinajstić information content (AvgIpc) is 2.92. The summed E-state index contributed by atoms with van der Waals surface area (Å²) in [4.78, 5) is 16.4. The molecule has 0 saturated carbocycles. The van der Waals surface area contributed by atoms with E-state index >= 15 is 0 Å². The number of hydrogen-bond acceptors (Lipinski definition) is 3. The van der Waals surface area contributed by atoms with Gasteiger partial charge < -0.3 is 9.73 Å². The van der Waals surface area contributed by atoms with Crippen molar-refractivity contribution >= 4 is 34.3 Å². The van der Waals surface area contributed by atoms with Gasteiger partial charge in [-0.2, -0.15) is 0 Å². The number of amides is 1. The molecule has 3 rings (SSSR count). The highest BCUT2D eigenvalue weighted by molar-refractivity contribution is 6.33. The molecule has 0 fully saturated rings. The zero-order valence-electron chi connectivity index (χ0n) is 13.0. The van der Waals surface area contributed by atoms with Gasteiger partial charge in [-0.25, -0.2) is 4.98 Å². The number of carbonyl (C=O) groups is 1. The standard InChI is InChI=1S/C18H17ClN2O2/c1-11(2)9-17(22)20-15-10-12(7-8-13(15)19)18-21-14-5-3-4-6-16(14)23-18/h3-8,10-11H,9H2,1-2H3,(H,20,22). The first-order chi connectivity index (χ1) is 11.0. The Bertz CT molecular complexity index is 822. The molecule has 1 amide bonds. The van der Waals surface area contributed by atoms with Crippen molar-refractivity contribution in [2.75, 3.05) is 5.32 Å². The van der Waals surface area contributed by atoms with Crippen LogP contribution in [-0.2, 0) is 4.79 Å². The van der Waals surface area contributed by atoms with Gasteiger partial charge in [0, 0.05) is 12.0 Å². The second kappa shape index (κ2) is 6.42. The summed E-state index contributed by atoms with van der Waals surface area (Å²) in [7, 11) is 0. The van der Waals surface area contributed by atoms with E-state index in [0.717, 1.165) is 16.7 Å². The van der Waals surface area contributed by atoms with Crippen LogP contribution >= 0.6 is 11.6 Å². The van der Waals surface area contributed by atoms with Gasteiger partial charge in [-0.05, 0) is 36.2 Å². The van der Waals surface area contributed by atoms with Crippen molar-refractivity contribution < 1.29 is 9.21 Å². The molecule has 4 nitrogen and oxygen atoms in total. The van der Waals surface area contributed by atoms with Crippen LogP contribution in [0.5, 0.6) is 0 Å². The number of fused-ring (bicyclic) bond motifs is 1. The van der Waals surface area contributed by atoms with E-state index in [1.807, 2.05) is 44.2 Å². The Balaban J connectivity index is 1.91. The number of aromatic nitrogens is 1. The van der Waals surface area contributed by atoms with E-state index in [1.165, 1.54) is 0 Å². The number of rotatable bonds is 4. The molecule has 2 aromatic carbocycles. The number of anilines is 1. The summed E-state index contributed by atoms with van der Waals surface area (Å²) < 4.78 is 5.75. The predicted octanol–water partition coefficient (Wildman–Crippen LogP) is 5.13. The van der Waals surface area contributed by atoms with E-state index in [0.29, 0.717) is 23.0 Å². The van der Waals surface area contributed by atoms with Gasteiger partial charge in [0.05, 0.1) is 10.7 Å². The van der Waals surface area contributed by atoms with Crippen molar-refractivity contribution in [3.8, 4) is 11.5 Å². The molecular weight excluding hydrogens is 312 g/mol. The van der Waals surface area contributed by atoms with E-state index in [-0.39, 0.29) is 11.8 Å². The molecule has 0 bridgehead atoms. The summed E-state index contributed by atoms with van der Waals surface area (Å²) in [6, 6.07) is 12.9. The van der Waals surface area contributed by atoms with Crippen molar-refractivity contribution in [2.24, 2.45) is 5.92 Å². The number of benzene rings is 2. The van der Waals surface area contributed by atoms with Gasteiger partial charge in [0.15, 0.2) is 5.58 Å². The molecule has 0 aliphatic carbocycles. The summed E-state index contributed by atoms with van der Waals surface area (Å²) in [5.74, 6) is 0.729. The van der Waals surface area contributed by atoms with Crippen LogP contribution in [-0.4, -0.2) is 10.9 Å². The van der Waals surface area contributed by atoms with E-state index in [2.05, 4.69) is 10.3 Å². The Morgan fingerprint density at radius 3 is 2.78 bits per heavy atom. The van der Waals surface area contributed by atoms with Crippen LogP contribution in [0.4, 0.5) is 5.69 Å². The van der Waals surface area contributed by atoms with E-state index in [4.69, 9.17) is 16.0 Å². The maximum Gasteiger partial charge on any atom is 0.227 e. The van der Waals surface area contributed by atoms with Crippen molar-refractivity contribution in [2.45, 2.75) is 20.3 Å². The van der Waals surface area contributed by atoms with Crippen LogP contribution in [0.15, 0.2) is 46.9 Å². The summed E-state index contributed by atoms with van der Waals surface area (Å²) in [5, 5.41) is 3.33. The van der Waals surface area contributed by atoms with Crippen LogP contribution in [0.2, 0.25) is 5.02 Å². The molecule has 118 valence electrons. The highest BCUT2D eigenvalue weighted by atomic mass is 35.5. The van der Waals surface area contributed by atoms with Gasteiger partial charge in [-0.15, -0.1) is 0 Å². The Kier molecular flexibility index (Phi) is 4.35. The van der Waals surface area contributed by atoms with Crippen LogP contribution in [0, 0.1) is 5.92 Å². The van der Waals surface area contributed by atoms with E-state index < -0.39 is 0 Å². The largest absolute Gasteiger partial charge is 0.436 e. The lowest BCUT2D eigenvalue weighted by atomic mass is 10.1. The second-order valence-corrected chi connectivity index (χ2v) is 6.23. The first-order valence-corrected chi connectivity index (χ1v) is 7.86. The van der Waals surface area contributed by atoms with Gasteiger partial charge in [0.2, 0.25) is 11.8 Å². The van der Waals surface area contributed by atoms with Crippen LogP contribution in [0.25, 0.3) is 22.6 Å². The first kappa shape index (κ1) is 15.6. The van der Waals surface area contributed by atoms with Gasteiger partial charge in [0.25, 0.3) is 0 Å². The molecule has 0 radical (unpaired) electrons. The molecule has 0 saturated heterocycles. The predicted molar refractivity (Wildman–Crippen MR) is 92.5 cm³/mol. The molecule has 0 aliphatic heterocycles. The molecule has 3 aromatic rings. The average molecular weight is 329 g/mol. The van der Waals surface area contributed by atoms with E-state index in [1.54, 1.807) is 12.1 Å². The molecular formula is C18H17ClN2O2. The Labute approximate surface area is 139 Å². The molecule has 0 aliphatic rings. The highest BCUT2D eigenvalue weighted by Crippen LogP contribution is 2.30. The number of hydrogen-bond donors (Lipinski definition) is 1. The minimum absolute atomic E-state index is 0.0587. The number of nitrogens with zero attached hydrogens (tertiary/aromatic N) is 1. The molecule has 1 aromatic heterocycles. The molecule has 1 heterocycles. The third-order valence-electron chi connectivity index (χ3n) is 3.37. The lowest BCUT2D eigenvalue weighted by Gasteiger charge is -2.09. The maximum atomic E-state index is 12.0. The summed E-state index contributed by atoms with van der Waals surface area (Å²) >= 11 is 6.18. The monoisotopic (exact) mass is 328 g/mol. The highest BCUT2D eigenvalue weighted by Gasteiger charge is 2.12. The number of para-hydroxylation sites is 2. The third kappa shape index (κ3) is 3.54. The minimum atomic E-state index is -0.0587. The normalized spacial score (nSPS) is 11.1. The Morgan fingerprint density at radius 2 is 2.04 bits per heavy atom. The van der Waals surface area contributed by atoms with Crippen molar-refractivity contribution in [3.63, 3.8) is 0 Å². The maximum absolute atomic E-state index is 12.0. The zero-order chi connectivity index (χ0) is 16.4. The molecule has 0 unspecified atom stereocenters. The second-order valence-electron chi connectivity index (χ2n) is 5.83. The summed E-state index contributed by atoms with van der Waals surface area (Å²) in [6.07, 6.45) is 0.448. The quantitative estimate of drug-likeness (QED) is 0.722. The van der Waals surface area contributed by atoms with Gasteiger partial charge in [0.1, 0.15) is 5.52 Å². The fraction of sp³-hybridized carbons (Fsp3) is 0.222. The molecule has 0 atom stereocenters. The van der Waals surface area contributed by atoms with Crippen LogP contribution in [0.1, 0.15) is 20.3 Å². The lowest BCUT2D eigenvalue weighted by Crippen LogP contribution is -2.14. The van der Waals surface area contributed by atoms with Crippen LogP contribution < -0.4 is 5.32 Å². The topological polar surface area (TPSA) is 55.1 Å². The smallest absolute Gasteiger partial charge is 0.227 e. The van der Waals surface area contributed by atoms with Crippen molar-refractivity contribution in [1.29, 1.82) is 0 Å². The fourth-order valence-corrected chi connectivity index (χ4v) is 2.49.